The number of hydrogen-bond acceptors (Lipinski definition) is 7. The van der Waals surface area contributed by atoms with Crippen molar-refractivity contribution in [1.29, 1.82) is 0 Å². The Kier molecular flexibility index (Phi) is 11.1. The van der Waals surface area contributed by atoms with Gasteiger partial charge in [0.25, 0.3) is 0 Å². The van der Waals surface area contributed by atoms with Crippen LogP contribution in [-0.2, 0) is 27.4 Å². The normalized spacial score (nSPS) is 12.3. The van der Waals surface area contributed by atoms with Crippen molar-refractivity contribution in [3.8, 4) is 0 Å². The van der Waals surface area contributed by atoms with Crippen molar-refractivity contribution in [1.82, 2.24) is 0 Å². The first kappa shape index (κ1) is 25.4. The summed E-state index contributed by atoms with van der Waals surface area (Å²) in [6.45, 7) is -0.371. The molecule has 4 N–H and O–H groups in total. The van der Waals surface area contributed by atoms with Crippen molar-refractivity contribution in [3.05, 3.63) is 71.8 Å². The van der Waals surface area contributed by atoms with Crippen molar-refractivity contribution in [2.24, 2.45) is 10.8 Å². The van der Waals surface area contributed by atoms with Crippen LogP contribution in [0.5, 0.6) is 0 Å². The Morgan fingerprint density at radius 3 is 1.13 bits per heavy atom. The highest BCUT2D eigenvalue weighted by Gasteiger charge is 2.34. The Hall–Kier alpha value is -1.84. The zero-order chi connectivity index (χ0) is 22.4. The Morgan fingerprint density at radius 1 is 0.484 bits per heavy atom. The third-order valence-corrected chi connectivity index (χ3v) is 5.20. The van der Waals surface area contributed by atoms with Crippen LogP contribution in [0.4, 0.5) is 0 Å². The summed E-state index contributed by atoms with van der Waals surface area (Å²) in [5.41, 5.74) is -0.00110. The smallest absolute Gasteiger partial charge is 0.0717 e. The van der Waals surface area contributed by atoms with Crippen molar-refractivity contribution >= 4 is 0 Å². The zero-order valence-electron chi connectivity index (χ0n) is 17.9. The van der Waals surface area contributed by atoms with Crippen LogP contribution in [0.1, 0.15) is 11.1 Å². The molecule has 0 unspecified atom stereocenters. The van der Waals surface area contributed by atoms with E-state index in [1.54, 1.807) is 0 Å². The molecule has 0 spiro atoms. The first-order valence-electron chi connectivity index (χ1n) is 10.4. The number of hydrogen-bond donors (Lipinski definition) is 4. The summed E-state index contributed by atoms with van der Waals surface area (Å²) >= 11 is 0. The van der Waals surface area contributed by atoms with Crippen molar-refractivity contribution < 1.29 is 34.6 Å². The van der Waals surface area contributed by atoms with Crippen LogP contribution in [0.2, 0.25) is 0 Å². The molecule has 0 heterocycles. The van der Waals surface area contributed by atoms with Crippen molar-refractivity contribution in [3.63, 3.8) is 0 Å². The minimum atomic E-state index is -0.990. The standard InChI is InChI=1S/C24H34O7/c25-13-23(14-26,17-29-11-21-7-3-1-4-8-21)19-31-20-24(15-27,16-28)18-30-12-22-9-5-2-6-10-22/h1-10,25-28H,11-20H2. The molecule has 0 amide bonds. The van der Waals surface area contributed by atoms with E-state index in [0.717, 1.165) is 11.1 Å². The quantitative estimate of drug-likeness (QED) is 0.316. The molecule has 0 saturated heterocycles. The molecule has 0 aliphatic rings. The molecule has 0 radical (unpaired) electrons. The van der Waals surface area contributed by atoms with E-state index in [4.69, 9.17) is 14.2 Å². The lowest BCUT2D eigenvalue weighted by atomic mass is 9.90. The maximum atomic E-state index is 9.84. The molecule has 0 saturated carbocycles. The zero-order valence-corrected chi connectivity index (χ0v) is 17.9. The number of benzene rings is 2. The van der Waals surface area contributed by atoms with E-state index in [-0.39, 0.29) is 52.9 Å². The molecule has 2 aromatic rings. The lowest BCUT2D eigenvalue weighted by Gasteiger charge is -2.33. The van der Waals surface area contributed by atoms with Gasteiger partial charge in [-0.1, -0.05) is 60.7 Å². The lowest BCUT2D eigenvalue weighted by Crippen LogP contribution is -2.44. The second kappa shape index (κ2) is 13.5. The largest absolute Gasteiger partial charge is 0.396 e. The summed E-state index contributed by atoms with van der Waals surface area (Å²) in [6.07, 6.45) is 0. The highest BCUT2D eigenvalue weighted by molar-refractivity contribution is 5.14. The second-order valence-electron chi connectivity index (χ2n) is 8.08. The van der Waals surface area contributed by atoms with Crippen LogP contribution in [0.25, 0.3) is 0 Å². The predicted molar refractivity (Wildman–Crippen MR) is 116 cm³/mol. The molecule has 0 fully saturated rings. The topological polar surface area (TPSA) is 109 Å². The molecule has 31 heavy (non-hydrogen) atoms. The molecule has 172 valence electrons. The van der Waals surface area contributed by atoms with Crippen LogP contribution in [0.15, 0.2) is 60.7 Å². The molecule has 0 atom stereocenters. The third kappa shape index (κ3) is 8.31. The van der Waals surface area contributed by atoms with Gasteiger partial charge >= 0.3 is 0 Å². The molecule has 0 aliphatic carbocycles. The van der Waals surface area contributed by atoms with E-state index in [1.807, 2.05) is 60.7 Å². The van der Waals surface area contributed by atoms with E-state index in [9.17, 15) is 20.4 Å². The van der Waals surface area contributed by atoms with Crippen molar-refractivity contribution in [2.45, 2.75) is 13.2 Å². The summed E-state index contributed by atoms with van der Waals surface area (Å²) < 4.78 is 17.1. The van der Waals surface area contributed by atoms with E-state index in [2.05, 4.69) is 0 Å². The van der Waals surface area contributed by atoms with E-state index in [0.29, 0.717) is 13.2 Å². The van der Waals surface area contributed by atoms with Gasteiger partial charge in [0.15, 0.2) is 0 Å². The van der Waals surface area contributed by atoms with Gasteiger partial charge in [-0.2, -0.15) is 0 Å². The van der Waals surface area contributed by atoms with Gasteiger partial charge in [-0.15, -0.1) is 0 Å². The fourth-order valence-electron chi connectivity index (χ4n) is 2.95. The average molecular weight is 435 g/mol. The van der Waals surface area contributed by atoms with Crippen LogP contribution in [0, 0.1) is 10.8 Å². The van der Waals surface area contributed by atoms with Gasteiger partial charge in [-0.3, -0.25) is 0 Å². The molecule has 0 aliphatic heterocycles. The van der Waals surface area contributed by atoms with E-state index >= 15 is 0 Å². The number of rotatable bonds is 16. The summed E-state index contributed by atoms with van der Waals surface area (Å²) in [4.78, 5) is 0. The fraction of sp³-hybridized carbons (Fsp3) is 0.500. The van der Waals surface area contributed by atoms with Crippen LogP contribution >= 0.6 is 0 Å². The van der Waals surface area contributed by atoms with Crippen LogP contribution in [-0.4, -0.2) is 73.3 Å². The number of aliphatic hydroxyl groups is 4. The predicted octanol–water partition coefficient (Wildman–Crippen LogP) is 1.38. The molecule has 7 heteroatoms. The molecule has 2 aromatic carbocycles. The lowest BCUT2D eigenvalue weighted by molar-refractivity contribution is -0.121. The molecular formula is C24H34O7. The van der Waals surface area contributed by atoms with E-state index in [1.165, 1.54) is 0 Å². The minimum absolute atomic E-state index is 0.00915. The van der Waals surface area contributed by atoms with Gasteiger partial charge < -0.3 is 34.6 Å². The Labute approximate surface area is 183 Å². The third-order valence-electron chi connectivity index (χ3n) is 5.20. The molecular weight excluding hydrogens is 400 g/mol. The average Bonchev–Trinajstić information content (AvgIpc) is 2.83. The van der Waals surface area contributed by atoms with Crippen LogP contribution < -0.4 is 0 Å². The Bertz CT molecular complexity index is 639. The van der Waals surface area contributed by atoms with Crippen molar-refractivity contribution in [2.75, 3.05) is 52.9 Å². The number of aliphatic hydroxyl groups excluding tert-OH is 4. The molecule has 7 nitrogen and oxygen atoms in total. The summed E-state index contributed by atoms with van der Waals surface area (Å²) in [5, 5.41) is 39.4. The van der Waals surface area contributed by atoms with Gasteiger partial charge in [0.05, 0.1) is 76.9 Å². The van der Waals surface area contributed by atoms with E-state index < -0.39 is 10.8 Å². The summed E-state index contributed by atoms with van der Waals surface area (Å²) in [6, 6.07) is 19.2. The van der Waals surface area contributed by atoms with Gasteiger partial charge in [-0.25, -0.2) is 0 Å². The SMILES string of the molecule is OCC(CO)(COCc1ccccc1)COCC(CO)(CO)COCc1ccccc1. The van der Waals surface area contributed by atoms with Gasteiger partial charge in [0, 0.05) is 0 Å². The van der Waals surface area contributed by atoms with Gasteiger partial charge in [0.2, 0.25) is 0 Å². The second-order valence-corrected chi connectivity index (χ2v) is 8.08. The Morgan fingerprint density at radius 2 is 0.806 bits per heavy atom. The maximum Gasteiger partial charge on any atom is 0.0717 e. The molecule has 0 bridgehead atoms. The summed E-state index contributed by atoms with van der Waals surface area (Å²) in [5.74, 6) is 0. The number of ether oxygens (including phenoxy) is 3. The fourth-order valence-corrected chi connectivity index (χ4v) is 2.95. The maximum absolute atomic E-state index is 9.84. The Balaban J connectivity index is 1.83. The highest BCUT2D eigenvalue weighted by Crippen LogP contribution is 2.22. The summed E-state index contributed by atoms with van der Waals surface area (Å²) in [7, 11) is 0. The van der Waals surface area contributed by atoms with Gasteiger partial charge in [0.1, 0.15) is 0 Å². The first-order chi connectivity index (χ1) is 15.1. The first-order valence-corrected chi connectivity index (χ1v) is 10.4. The van der Waals surface area contributed by atoms with Gasteiger partial charge in [-0.05, 0) is 11.1 Å². The molecule has 0 aromatic heterocycles. The van der Waals surface area contributed by atoms with Crippen LogP contribution in [0.3, 0.4) is 0 Å². The molecule has 2 rings (SSSR count). The minimum Gasteiger partial charge on any atom is -0.396 e. The monoisotopic (exact) mass is 434 g/mol. The highest BCUT2D eigenvalue weighted by atomic mass is 16.5.